The highest BCUT2D eigenvalue weighted by molar-refractivity contribution is 9.10. The van der Waals surface area contributed by atoms with Gasteiger partial charge in [0.1, 0.15) is 5.75 Å². The van der Waals surface area contributed by atoms with Crippen LogP contribution in [0.1, 0.15) is 36.6 Å². The molecule has 44 heavy (non-hydrogen) atoms. The van der Waals surface area contributed by atoms with Crippen molar-refractivity contribution >= 4 is 62.7 Å². The maximum Gasteiger partial charge on any atom is 0.344 e. The number of nitrogens with zero attached hydrogens (tertiary/aromatic N) is 2. The molecule has 1 atom stereocenters. The van der Waals surface area contributed by atoms with E-state index < -0.39 is 18.0 Å². The molecule has 0 radical (unpaired) electrons. The minimum absolute atomic E-state index is 0.182. The summed E-state index contributed by atoms with van der Waals surface area (Å²) in [5.41, 5.74) is 2.76. The molecule has 1 aliphatic heterocycles. The number of hydrogen-bond donors (Lipinski definition) is 0. The molecule has 0 amide bonds. The Labute approximate surface area is 270 Å². The molecule has 3 aromatic carbocycles. The largest absolute Gasteiger partial charge is 0.481 e. The molecule has 8 nitrogen and oxygen atoms in total. The summed E-state index contributed by atoms with van der Waals surface area (Å²) < 4.78 is 18.7. The van der Waals surface area contributed by atoms with Crippen LogP contribution in [0.3, 0.4) is 0 Å². The molecule has 1 aromatic heterocycles. The zero-order chi connectivity index (χ0) is 31.2. The summed E-state index contributed by atoms with van der Waals surface area (Å²) in [7, 11) is 0. The molecule has 1 aliphatic rings. The maximum atomic E-state index is 14.1. The van der Waals surface area contributed by atoms with Crippen LogP contribution in [-0.4, -0.2) is 42.6 Å². The number of aromatic nitrogens is 1. The standard InChI is InChI=1S/C33H29BrN2O6S2/c1-4-40-27(37)19-42-25-16-11-20(17-24(25)34)18-26-31(38)36-30(22-12-14-23(43-3)15-13-22)28(32(39)41-5-2)29(35-33(36)44-26)21-9-7-6-8-10-21/h6-18,30H,4-5,19H2,1-3H3/b26-18-/t30-/m0/s1. The van der Waals surface area contributed by atoms with Gasteiger partial charge in [-0.1, -0.05) is 59.9 Å². The second-order valence-corrected chi connectivity index (χ2v) is 12.2. The molecular weight excluding hydrogens is 664 g/mol. The average Bonchev–Trinajstić information content (AvgIpc) is 3.34. The predicted molar refractivity (Wildman–Crippen MR) is 176 cm³/mol. The fourth-order valence-corrected chi connectivity index (χ4v) is 6.68. The Kier molecular flexibility index (Phi) is 10.2. The summed E-state index contributed by atoms with van der Waals surface area (Å²) in [5, 5.41) is 0. The van der Waals surface area contributed by atoms with E-state index in [2.05, 4.69) is 15.9 Å². The Morgan fingerprint density at radius 1 is 1.02 bits per heavy atom. The van der Waals surface area contributed by atoms with Crippen molar-refractivity contribution in [2.24, 2.45) is 4.99 Å². The zero-order valence-corrected chi connectivity index (χ0v) is 27.5. The Hall–Kier alpha value is -3.93. The van der Waals surface area contributed by atoms with Crippen molar-refractivity contribution in [3.8, 4) is 5.75 Å². The van der Waals surface area contributed by atoms with Gasteiger partial charge in [-0.25, -0.2) is 14.6 Å². The van der Waals surface area contributed by atoms with Gasteiger partial charge >= 0.3 is 11.9 Å². The van der Waals surface area contributed by atoms with Crippen LogP contribution in [0.2, 0.25) is 0 Å². The topological polar surface area (TPSA) is 96.2 Å². The molecular formula is C33H29BrN2O6S2. The van der Waals surface area contributed by atoms with Crippen molar-refractivity contribution < 1.29 is 23.8 Å². The maximum absolute atomic E-state index is 14.1. The fraction of sp³-hybridized carbons (Fsp3) is 0.212. The van der Waals surface area contributed by atoms with E-state index in [-0.39, 0.29) is 25.4 Å². The number of fused-ring (bicyclic) bond motifs is 1. The molecule has 11 heteroatoms. The van der Waals surface area contributed by atoms with E-state index in [0.717, 1.165) is 21.6 Å². The summed E-state index contributed by atoms with van der Waals surface area (Å²) in [6.07, 6.45) is 3.76. The van der Waals surface area contributed by atoms with E-state index in [1.165, 1.54) is 11.3 Å². The van der Waals surface area contributed by atoms with Gasteiger partial charge in [0.25, 0.3) is 5.56 Å². The Balaban J connectivity index is 1.66. The number of esters is 2. The van der Waals surface area contributed by atoms with Crippen molar-refractivity contribution in [1.29, 1.82) is 0 Å². The van der Waals surface area contributed by atoms with Crippen LogP contribution in [0.15, 0.2) is 97.5 Å². The van der Waals surface area contributed by atoms with Gasteiger partial charge in [-0.05, 0) is 77.5 Å². The van der Waals surface area contributed by atoms with Crippen molar-refractivity contribution in [1.82, 2.24) is 4.57 Å². The van der Waals surface area contributed by atoms with Crippen LogP contribution in [-0.2, 0) is 19.1 Å². The zero-order valence-electron chi connectivity index (χ0n) is 24.2. The highest BCUT2D eigenvalue weighted by atomic mass is 79.9. The summed E-state index contributed by atoms with van der Waals surface area (Å²) in [4.78, 5) is 45.8. The molecule has 2 heterocycles. The molecule has 0 unspecified atom stereocenters. The van der Waals surface area contributed by atoms with Crippen LogP contribution >= 0.6 is 39.0 Å². The van der Waals surface area contributed by atoms with Crippen molar-refractivity contribution in [2.45, 2.75) is 24.8 Å². The molecule has 0 saturated carbocycles. The summed E-state index contributed by atoms with van der Waals surface area (Å²) in [6, 6.07) is 21.8. The van der Waals surface area contributed by atoms with Gasteiger partial charge in [-0.3, -0.25) is 9.36 Å². The van der Waals surface area contributed by atoms with Crippen molar-refractivity contribution in [2.75, 3.05) is 26.1 Å². The minimum atomic E-state index is -0.746. The van der Waals surface area contributed by atoms with Gasteiger partial charge in [-0.15, -0.1) is 11.8 Å². The molecule has 0 N–H and O–H groups in total. The molecule has 0 saturated heterocycles. The number of benzene rings is 3. The monoisotopic (exact) mass is 692 g/mol. The number of halogens is 1. The molecule has 0 fully saturated rings. The summed E-state index contributed by atoms with van der Waals surface area (Å²) >= 11 is 6.35. The lowest BCUT2D eigenvalue weighted by Crippen LogP contribution is -2.40. The Morgan fingerprint density at radius 3 is 2.41 bits per heavy atom. The molecule has 0 bridgehead atoms. The third-order valence-corrected chi connectivity index (χ3v) is 9.06. The number of ether oxygens (including phenoxy) is 3. The predicted octanol–water partition coefficient (Wildman–Crippen LogP) is 5.36. The summed E-state index contributed by atoms with van der Waals surface area (Å²) in [5.74, 6) is -0.512. The van der Waals surface area contributed by atoms with Crippen LogP contribution in [0.4, 0.5) is 0 Å². The van der Waals surface area contributed by atoms with E-state index in [4.69, 9.17) is 19.2 Å². The molecule has 0 aliphatic carbocycles. The van der Waals surface area contributed by atoms with Gasteiger partial charge in [0, 0.05) is 10.5 Å². The van der Waals surface area contributed by atoms with Crippen LogP contribution in [0.5, 0.6) is 5.75 Å². The molecule has 5 rings (SSSR count). The van der Waals surface area contributed by atoms with E-state index in [0.29, 0.717) is 30.8 Å². The van der Waals surface area contributed by atoms with Gasteiger partial charge < -0.3 is 14.2 Å². The number of carbonyl (C=O) groups excluding carboxylic acids is 2. The Morgan fingerprint density at radius 2 is 1.75 bits per heavy atom. The SMILES string of the molecule is CCOC(=O)COc1ccc(/C=c2\sc3n(c2=O)[C@@H](c2ccc(SC)cc2)C(C(=O)OCC)=C(c2ccccc2)N=3)cc1Br. The van der Waals surface area contributed by atoms with Gasteiger partial charge in [0.15, 0.2) is 11.4 Å². The van der Waals surface area contributed by atoms with Gasteiger partial charge in [0.2, 0.25) is 0 Å². The number of rotatable bonds is 10. The first-order chi connectivity index (χ1) is 21.3. The number of carbonyl (C=O) groups is 2. The molecule has 0 spiro atoms. The Bertz CT molecular complexity index is 1900. The lowest BCUT2D eigenvalue weighted by Gasteiger charge is -2.26. The van der Waals surface area contributed by atoms with Crippen molar-refractivity contribution in [3.63, 3.8) is 0 Å². The van der Waals surface area contributed by atoms with Crippen LogP contribution in [0, 0.1) is 0 Å². The average molecular weight is 694 g/mol. The number of hydrogen-bond acceptors (Lipinski definition) is 9. The second kappa shape index (κ2) is 14.2. The van der Waals surface area contributed by atoms with Gasteiger partial charge in [0.05, 0.1) is 39.5 Å². The number of thiazole rings is 1. The normalized spacial score (nSPS) is 14.5. The molecule has 4 aromatic rings. The summed E-state index contributed by atoms with van der Waals surface area (Å²) in [6.45, 7) is 3.73. The first kappa shape index (κ1) is 31.5. The first-order valence-electron chi connectivity index (χ1n) is 13.8. The highest BCUT2D eigenvalue weighted by Gasteiger charge is 2.35. The van der Waals surface area contributed by atoms with Crippen molar-refractivity contribution in [3.05, 3.63) is 119 Å². The van der Waals surface area contributed by atoms with Gasteiger partial charge in [-0.2, -0.15) is 0 Å². The number of thioether (sulfide) groups is 1. The lowest BCUT2D eigenvalue weighted by molar-refractivity contribution is -0.145. The van der Waals surface area contributed by atoms with E-state index in [9.17, 15) is 14.4 Å². The fourth-order valence-electron chi connectivity index (χ4n) is 4.76. The second-order valence-electron chi connectivity index (χ2n) is 9.49. The van der Waals surface area contributed by atoms with Crippen LogP contribution < -0.4 is 19.6 Å². The highest BCUT2D eigenvalue weighted by Crippen LogP contribution is 2.35. The van der Waals surface area contributed by atoms with Crippen LogP contribution in [0.25, 0.3) is 11.8 Å². The third kappa shape index (κ3) is 6.74. The quantitative estimate of drug-likeness (QED) is 0.163. The lowest BCUT2D eigenvalue weighted by atomic mass is 9.93. The van der Waals surface area contributed by atoms with E-state index in [1.54, 1.807) is 54.5 Å². The van der Waals surface area contributed by atoms with E-state index in [1.807, 2.05) is 60.9 Å². The first-order valence-corrected chi connectivity index (χ1v) is 16.7. The minimum Gasteiger partial charge on any atom is -0.481 e. The molecule has 226 valence electrons. The van der Waals surface area contributed by atoms with E-state index >= 15 is 0 Å². The smallest absolute Gasteiger partial charge is 0.344 e. The third-order valence-electron chi connectivity index (χ3n) is 6.71.